The summed E-state index contributed by atoms with van der Waals surface area (Å²) in [5.41, 5.74) is 5.45. The number of thiocarbonyl (C=S) groups is 1. The van der Waals surface area contributed by atoms with Crippen LogP contribution in [0.1, 0.15) is 22.8 Å². The van der Waals surface area contributed by atoms with Gasteiger partial charge >= 0.3 is 0 Å². The number of ketones is 1. The molecule has 0 unspecified atom stereocenters. The van der Waals surface area contributed by atoms with Gasteiger partial charge < -0.3 is 10.1 Å². The maximum Gasteiger partial charge on any atom is 0.214 e. The SMILES string of the molecule is CCOc1ccc(NC(=S)N/N=C2\C(=O)c3cccc4cccc2c34)cc1. The molecule has 4 rings (SSSR count). The van der Waals surface area contributed by atoms with Gasteiger partial charge in [0.2, 0.25) is 5.78 Å². The highest BCUT2D eigenvalue weighted by Gasteiger charge is 2.28. The zero-order valence-corrected chi connectivity index (χ0v) is 15.5. The Morgan fingerprint density at radius 1 is 1.04 bits per heavy atom. The molecule has 27 heavy (non-hydrogen) atoms. The smallest absolute Gasteiger partial charge is 0.214 e. The summed E-state index contributed by atoms with van der Waals surface area (Å²) in [5.74, 6) is 0.697. The first kappa shape index (κ1) is 17.2. The molecule has 1 aliphatic carbocycles. The largest absolute Gasteiger partial charge is 0.494 e. The van der Waals surface area contributed by atoms with Crippen molar-refractivity contribution in [2.24, 2.45) is 5.10 Å². The zero-order valence-electron chi connectivity index (χ0n) is 14.7. The molecule has 0 saturated carbocycles. The number of nitrogens with one attached hydrogen (secondary N) is 2. The molecule has 0 aromatic heterocycles. The summed E-state index contributed by atoms with van der Waals surface area (Å²) in [4.78, 5) is 12.7. The third kappa shape index (κ3) is 3.27. The van der Waals surface area contributed by atoms with Gasteiger partial charge in [-0.05, 0) is 48.8 Å². The minimum absolute atomic E-state index is 0.0989. The van der Waals surface area contributed by atoms with Gasteiger partial charge in [-0.3, -0.25) is 10.2 Å². The minimum atomic E-state index is -0.0989. The van der Waals surface area contributed by atoms with Crippen LogP contribution in [0.3, 0.4) is 0 Å². The van der Waals surface area contributed by atoms with Gasteiger partial charge in [-0.1, -0.05) is 36.4 Å². The molecule has 0 radical (unpaired) electrons. The van der Waals surface area contributed by atoms with E-state index in [2.05, 4.69) is 15.8 Å². The number of Topliss-reactive ketones (excluding diaryl/α,β-unsaturated/α-hetero) is 1. The van der Waals surface area contributed by atoms with Crippen LogP contribution in [-0.4, -0.2) is 23.2 Å². The lowest BCUT2D eigenvalue weighted by Gasteiger charge is -2.09. The predicted molar refractivity (Wildman–Crippen MR) is 112 cm³/mol. The Morgan fingerprint density at radius 2 is 1.74 bits per heavy atom. The lowest BCUT2D eigenvalue weighted by molar-refractivity contribution is 0.106. The molecular weight excluding hydrogens is 358 g/mol. The van der Waals surface area contributed by atoms with E-state index in [0.717, 1.165) is 27.8 Å². The number of rotatable bonds is 4. The fourth-order valence-electron chi connectivity index (χ4n) is 3.16. The second-order valence-corrected chi connectivity index (χ2v) is 6.43. The van der Waals surface area contributed by atoms with Crippen LogP contribution in [0.15, 0.2) is 65.8 Å². The number of hydrogen-bond donors (Lipinski definition) is 2. The van der Waals surface area contributed by atoms with E-state index < -0.39 is 0 Å². The molecule has 1 aliphatic rings. The fourth-order valence-corrected chi connectivity index (χ4v) is 3.32. The van der Waals surface area contributed by atoms with E-state index in [4.69, 9.17) is 17.0 Å². The maximum atomic E-state index is 12.7. The summed E-state index contributed by atoms with van der Waals surface area (Å²) in [6, 6.07) is 19.0. The fraction of sp³-hybridized carbons (Fsp3) is 0.0952. The van der Waals surface area contributed by atoms with E-state index in [0.29, 0.717) is 23.0 Å². The first-order valence-corrected chi connectivity index (χ1v) is 9.02. The van der Waals surface area contributed by atoms with Gasteiger partial charge in [0.05, 0.1) is 6.61 Å². The molecule has 3 aromatic carbocycles. The van der Waals surface area contributed by atoms with Crippen molar-refractivity contribution in [3.8, 4) is 5.75 Å². The summed E-state index contributed by atoms with van der Waals surface area (Å²) in [5, 5.41) is 9.59. The van der Waals surface area contributed by atoms with Crippen molar-refractivity contribution in [3.05, 3.63) is 71.8 Å². The van der Waals surface area contributed by atoms with Crippen LogP contribution in [0.5, 0.6) is 5.75 Å². The highest BCUT2D eigenvalue weighted by molar-refractivity contribution is 7.80. The van der Waals surface area contributed by atoms with Crippen LogP contribution >= 0.6 is 12.2 Å². The number of ether oxygens (including phenoxy) is 1. The van der Waals surface area contributed by atoms with Crippen molar-refractivity contribution in [1.82, 2.24) is 5.43 Å². The second-order valence-electron chi connectivity index (χ2n) is 6.02. The van der Waals surface area contributed by atoms with Crippen molar-refractivity contribution in [1.29, 1.82) is 0 Å². The number of benzene rings is 3. The van der Waals surface area contributed by atoms with Crippen LogP contribution in [0, 0.1) is 0 Å². The molecule has 2 N–H and O–H groups in total. The van der Waals surface area contributed by atoms with Crippen molar-refractivity contribution in [2.75, 3.05) is 11.9 Å². The summed E-state index contributed by atoms with van der Waals surface area (Å²) < 4.78 is 5.42. The van der Waals surface area contributed by atoms with Gasteiger partial charge in [-0.25, -0.2) is 0 Å². The average molecular weight is 375 g/mol. The summed E-state index contributed by atoms with van der Waals surface area (Å²) in [7, 11) is 0. The average Bonchev–Trinajstić information content (AvgIpc) is 2.96. The Balaban J connectivity index is 1.51. The number of hydrogen-bond acceptors (Lipinski definition) is 4. The Labute approximate surface area is 162 Å². The topological polar surface area (TPSA) is 62.7 Å². The van der Waals surface area contributed by atoms with E-state index in [1.54, 1.807) is 0 Å². The quantitative estimate of drug-likeness (QED) is 0.530. The first-order valence-electron chi connectivity index (χ1n) is 8.61. The molecule has 3 aromatic rings. The molecular formula is C21H17N3O2S. The molecule has 0 fully saturated rings. The zero-order chi connectivity index (χ0) is 18.8. The molecule has 0 amide bonds. The molecule has 0 heterocycles. The molecule has 6 heteroatoms. The summed E-state index contributed by atoms with van der Waals surface area (Å²) >= 11 is 5.29. The highest BCUT2D eigenvalue weighted by Crippen LogP contribution is 2.30. The van der Waals surface area contributed by atoms with Gasteiger partial charge in [-0.15, -0.1) is 0 Å². The Bertz CT molecular complexity index is 1070. The number of anilines is 1. The first-order chi connectivity index (χ1) is 13.2. The number of hydrazone groups is 1. The molecule has 5 nitrogen and oxygen atoms in total. The van der Waals surface area contributed by atoms with Gasteiger partial charge in [0.1, 0.15) is 11.5 Å². The number of carbonyl (C=O) groups is 1. The van der Waals surface area contributed by atoms with Crippen LogP contribution in [0.4, 0.5) is 5.69 Å². The maximum absolute atomic E-state index is 12.7. The normalized spacial score (nSPS) is 13.8. The van der Waals surface area contributed by atoms with Gasteiger partial charge in [0, 0.05) is 22.2 Å². The molecule has 134 valence electrons. The Morgan fingerprint density at radius 3 is 2.44 bits per heavy atom. The standard InChI is InChI=1S/C21H17N3O2S/c1-2-26-15-11-9-14(10-12-15)22-21(27)24-23-19-16-7-3-5-13-6-4-8-17(18(13)16)20(19)25/h3-12H,2H2,1H3,(H2,22,24,27)/b23-19-. The lowest BCUT2D eigenvalue weighted by atomic mass is 10.1. The third-order valence-corrected chi connectivity index (χ3v) is 4.51. The van der Waals surface area contributed by atoms with Gasteiger partial charge in [0.15, 0.2) is 5.11 Å². The summed E-state index contributed by atoms with van der Waals surface area (Å²) in [6.07, 6.45) is 0. The van der Waals surface area contributed by atoms with E-state index >= 15 is 0 Å². The van der Waals surface area contributed by atoms with Crippen LogP contribution < -0.4 is 15.5 Å². The van der Waals surface area contributed by atoms with Crippen LogP contribution in [0.25, 0.3) is 10.8 Å². The van der Waals surface area contributed by atoms with Crippen molar-refractivity contribution in [2.45, 2.75) is 6.92 Å². The number of carbonyl (C=O) groups excluding carboxylic acids is 1. The van der Waals surface area contributed by atoms with Gasteiger partial charge in [-0.2, -0.15) is 5.10 Å². The van der Waals surface area contributed by atoms with E-state index in [9.17, 15) is 4.79 Å². The Kier molecular flexibility index (Phi) is 4.56. The highest BCUT2D eigenvalue weighted by atomic mass is 32.1. The second kappa shape index (κ2) is 7.17. The third-order valence-electron chi connectivity index (χ3n) is 4.31. The van der Waals surface area contributed by atoms with Crippen LogP contribution in [0.2, 0.25) is 0 Å². The molecule has 0 spiro atoms. The lowest BCUT2D eigenvalue weighted by Crippen LogP contribution is -2.26. The molecule has 0 atom stereocenters. The van der Waals surface area contributed by atoms with Gasteiger partial charge in [0.25, 0.3) is 0 Å². The molecule has 0 bridgehead atoms. The summed E-state index contributed by atoms with van der Waals surface area (Å²) in [6.45, 7) is 2.56. The number of nitrogens with zero attached hydrogens (tertiary/aromatic N) is 1. The van der Waals surface area contributed by atoms with Crippen molar-refractivity contribution in [3.63, 3.8) is 0 Å². The van der Waals surface area contributed by atoms with E-state index in [1.807, 2.05) is 67.6 Å². The minimum Gasteiger partial charge on any atom is -0.494 e. The van der Waals surface area contributed by atoms with Crippen molar-refractivity contribution < 1.29 is 9.53 Å². The Hall–Kier alpha value is -3.25. The predicted octanol–water partition coefficient (Wildman–Crippen LogP) is 4.13. The van der Waals surface area contributed by atoms with Crippen molar-refractivity contribution >= 4 is 45.3 Å². The molecule has 0 saturated heterocycles. The molecule has 0 aliphatic heterocycles. The monoisotopic (exact) mass is 375 g/mol. The van der Waals surface area contributed by atoms with E-state index in [1.165, 1.54) is 0 Å². The van der Waals surface area contributed by atoms with E-state index in [-0.39, 0.29) is 5.78 Å². The van der Waals surface area contributed by atoms with Crippen LogP contribution in [-0.2, 0) is 0 Å².